The zero-order valence-electron chi connectivity index (χ0n) is 15.6. The number of aromatic amines is 1. The molecule has 0 unspecified atom stereocenters. The molecule has 0 aliphatic carbocycles. The Bertz CT molecular complexity index is 944. The molecule has 0 saturated heterocycles. The predicted octanol–water partition coefficient (Wildman–Crippen LogP) is 3.95. The molecule has 3 aromatic rings. The molecule has 27 heavy (non-hydrogen) atoms. The van der Waals surface area contributed by atoms with Crippen molar-refractivity contribution in [3.05, 3.63) is 65.9 Å². The van der Waals surface area contributed by atoms with Gasteiger partial charge in [-0.1, -0.05) is 30.3 Å². The number of aromatic nitrogens is 1. The van der Waals surface area contributed by atoms with Gasteiger partial charge in [0.15, 0.2) is 0 Å². The van der Waals surface area contributed by atoms with Crippen LogP contribution in [0.15, 0.2) is 54.7 Å². The molecule has 0 saturated carbocycles. The number of carbonyl (C=O) groups excluding carboxylic acids is 1. The van der Waals surface area contributed by atoms with Gasteiger partial charge in [-0.05, 0) is 37.1 Å². The quantitative estimate of drug-likeness (QED) is 0.595. The fourth-order valence-electron chi connectivity index (χ4n) is 3.01. The van der Waals surface area contributed by atoms with Crippen LogP contribution in [0.2, 0.25) is 0 Å². The molecule has 2 N–H and O–H groups in total. The van der Waals surface area contributed by atoms with E-state index >= 15 is 0 Å². The zero-order valence-corrected chi connectivity index (χ0v) is 15.6. The Labute approximate surface area is 159 Å². The number of carbonyl (C=O) groups is 1. The lowest BCUT2D eigenvalue weighted by Crippen LogP contribution is -2.23. The summed E-state index contributed by atoms with van der Waals surface area (Å²) in [7, 11) is 1.64. The Kier molecular flexibility index (Phi) is 6.15. The maximum Gasteiger partial charge on any atom is 0.244 e. The number of hydrogen-bond donors (Lipinski definition) is 2. The van der Waals surface area contributed by atoms with E-state index < -0.39 is 0 Å². The minimum Gasteiger partial charge on any atom is -0.495 e. The monoisotopic (exact) mass is 364 g/mol. The van der Waals surface area contributed by atoms with Crippen molar-refractivity contribution in [2.45, 2.75) is 13.3 Å². The highest BCUT2D eigenvalue weighted by molar-refractivity contribution is 5.97. The standard InChI is InChI=1S/C22H24N2O3/c1-3-27-19-9-5-4-7-16(19)13-14-23-21(25)12-11-17-15-24-22-18(17)8-6-10-20(22)26-2/h4-12,15,24H,3,13-14H2,1-2H3,(H,23,25). The van der Waals surface area contributed by atoms with Crippen LogP contribution in [0.5, 0.6) is 11.5 Å². The average molecular weight is 364 g/mol. The van der Waals surface area contributed by atoms with Crippen molar-refractivity contribution >= 4 is 22.9 Å². The minimum absolute atomic E-state index is 0.124. The van der Waals surface area contributed by atoms with Gasteiger partial charge >= 0.3 is 0 Å². The van der Waals surface area contributed by atoms with Gasteiger partial charge in [-0.25, -0.2) is 0 Å². The molecule has 140 valence electrons. The van der Waals surface area contributed by atoms with Crippen LogP contribution in [0.4, 0.5) is 0 Å². The Balaban J connectivity index is 1.59. The fraction of sp³-hybridized carbons (Fsp3) is 0.227. The van der Waals surface area contributed by atoms with Crippen molar-refractivity contribution in [3.63, 3.8) is 0 Å². The van der Waals surface area contributed by atoms with Crippen LogP contribution in [0.1, 0.15) is 18.1 Å². The summed E-state index contributed by atoms with van der Waals surface area (Å²) in [5.41, 5.74) is 2.96. The van der Waals surface area contributed by atoms with Gasteiger partial charge in [0.1, 0.15) is 11.5 Å². The molecule has 3 rings (SSSR count). The van der Waals surface area contributed by atoms with Crippen LogP contribution in [0, 0.1) is 0 Å². The highest BCUT2D eigenvalue weighted by Crippen LogP contribution is 2.27. The summed E-state index contributed by atoms with van der Waals surface area (Å²) in [4.78, 5) is 15.3. The summed E-state index contributed by atoms with van der Waals surface area (Å²) >= 11 is 0. The molecule has 0 fully saturated rings. The van der Waals surface area contributed by atoms with E-state index in [4.69, 9.17) is 9.47 Å². The zero-order chi connectivity index (χ0) is 19.1. The molecule has 1 heterocycles. The van der Waals surface area contributed by atoms with E-state index in [2.05, 4.69) is 10.3 Å². The molecule has 1 aromatic heterocycles. The predicted molar refractivity (Wildman–Crippen MR) is 108 cm³/mol. The molecule has 5 heteroatoms. The largest absolute Gasteiger partial charge is 0.495 e. The number of ether oxygens (including phenoxy) is 2. The SMILES string of the molecule is CCOc1ccccc1CCNC(=O)C=Cc1c[nH]c2c(OC)cccc12. The number of nitrogens with one attached hydrogen (secondary N) is 2. The van der Waals surface area contributed by atoms with Crippen molar-refractivity contribution in [2.24, 2.45) is 0 Å². The number of benzene rings is 2. The second-order valence-electron chi connectivity index (χ2n) is 6.04. The van der Waals surface area contributed by atoms with Gasteiger partial charge in [-0.2, -0.15) is 0 Å². The first kappa shape index (κ1) is 18.6. The van der Waals surface area contributed by atoms with Crippen LogP contribution in [-0.2, 0) is 11.2 Å². The molecule has 0 radical (unpaired) electrons. The second kappa shape index (κ2) is 8.94. The first-order valence-electron chi connectivity index (χ1n) is 9.03. The third-order valence-electron chi connectivity index (χ3n) is 4.31. The lowest BCUT2D eigenvalue weighted by atomic mass is 10.1. The van der Waals surface area contributed by atoms with Gasteiger partial charge in [0.25, 0.3) is 0 Å². The van der Waals surface area contributed by atoms with Gasteiger partial charge < -0.3 is 19.8 Å². The van der Waals surface area contributed by atoms with E-state index in [9.17, 15) is 4.79 Å². The number of fused-ring (bicyclic) bond motifs is 1. The number of para-hydroxylation sites is 2. The summed E-state index contributed by atoms with van der Waals surface area (Å²) in [6.45, 7) is 3.14. The first-order chi connectivity index (χ1) is 13.2. The third kappa shape index (κ3) is 4.50. The molecule has 0 spiro atoms. The third-order valence-corrected chi connectivity index (χ3v) is 4.31. The van der Waals surface area contributed by atoms with Gasteiger partial charge in [-0.3, -0.25) is 4.79 Å². The van der Waals surface area contributed by atoms with Crippen molar-refractivity contribution in [1.82, 2.24) is 10.3 Å². The van der Waals surface area contributed by atoms with Gasteiger partial charge in [0, 0.05) is 29.8 Å². The van der Waals surface area contributed by atoms with Crippen molar-refractivity contribution in [3.8, 4) is 11.5 Å². The molecule has 0 aliphatic rings. The van der Waals surface area contributed by atoms with Crippen molar-refractivity contribution in [2.75, 3.05) is 20.3 Å². The number of hydrogen-bond acceptors (Lipinski definition) is 3. The summed E-state index contributed by atoms with van der Waals surface area (Å²) in [5.74, 6) is 1.53. The molecular formula is C22H24N2O3. The van der Waals surface area contributed by atoms with Crippen LogP contribution in [-0.4, -0.2) is 31.2 Å². The van der Waals surface area contributed by atoms with Gasteiger partial charge in [0.05, 0.1) is 19.2 Å². The molecule has 1 amide bonds. The van der Waals surface area contributed by atoms with Crippen LogP contribution in [0.3, 0.4) is 0 Å². The maximum absolute atomic E-state index is 12.1. The van der Waals surface area contributed by atoms with E-state index in [1.807, 2.05) is 61.7 Å². The topological polar surface area (TPSA) is 63.3 Å². The highest BCUT2D eigenvalue weighted by Gasteiger charge is 2.06. The van der Waals surface area contributed by atoms with E-state index in [1.54, 1.807) is 13.2 Å². The second-order valence-corrected chi connectivity index (χ2v) is 6.04. The Morgan fingerprint density at radius 2 is 1.96 bits per heavy atom. The van der Waals surface area contributed by atoms with Crippen LogP contribution in [0.25, 0.3) is 17.0 Å². The van der Waals surface area contributed by atoms with Gasteiger partial charge in [0.2, 0.25) is 5.91 Å². The molecule has 0 atom stereocenters. The molecule has 0 aliphatic heterocycles. The van der Waals surface area contributed by atoms with E-state index in [0.717, 1.165) is 39.9 Å². The summed E-state index contributed by atoms with van der Waals surface area (Å²) in [6.07, 6.45) is 5.95. The Hall–Kier alpha value is -3.21. The normalized spacial score (nSPS) is 11.0. The number of rotatable bonds is 8. The smallest absolute Gasteiger partial charge is 0.244 e. The van der Waals surface area contributed by atoms with Gasteiger partial charge in [-0.15, -0.1) is 0 Å². The summed E-state index contributed by atoms with van der Waals surface area (Å²) < 4.78 is 11.0. The molecule has 0 bridgehead atoms. The first-order valence-corrected chi connectivity index (χ1v) is 9.03. The summed E-state index contributed by atoms with van der Waals surface area (Å²) in [5, 5.41) is 3.93. The molecule has 5 nitrogen and oxygen atoms in total. The van der Waals surface area contributed by atoms with E-state index in [-0.39, 0.29) is 5.91 Å². The molecule has 2 aromatic carbocycles. The van der Waals surface area contributed by atoms with E-state index in [0.29, 0.717) is 13.2 Å². The number of amides is 1. The number of methoxy groups -OCH3 is 1. The van der Waals surface area contributed by atoms with Crippen LogP contribution >= 0.6 is 0 Å². The summed E-state index contributed by atoms with van der Waals surface area (Å²) in [6, 6.07) is 13.7. The lowest BCUT2D eigenvalue weighted by Gasteiger charge is -2.09. The van der Waals surface area contributed by atoms with E-state index in [1.165, 1.54) is 0 Å². The maximum atomic E-state index is 12.1. The molecular weight excluding hydrogens is 340 g/mol. The average Bonchev–Trinajstić information content (AvgIpc) is 3.11. The highest BCUT2D eigenvalue weighted by atomic mass is 16.5. The Morgan fingerprint density at radius 3 is 2.78 bits per heavy atom. The lowest BCUT2D eigenvalue weighted by molar-refractivity contribution is -0.116. The van der Waals surface area contributed by atoms with Crippen molar-refractivity contribution < 1.29 is 14.3 Å². The number of H-pyrrole nitrogens is 1. The Morgan fingerprint density at radius 1 is 1.15 bits per heavy atom. The fourth-order valence-corrected chi connectivity index (χ4v) is 3.01. The van der Waals surface area contributed by atoms with Crippen molar-refractivity contribution in [1.29, 1.82) is 0 Å². The minimum atomic E-state index is -0.124. The van der Waals surface area contributed by atoms with Crippen LogP contribution < -0.4 is 14.8 Å².